The van der Waals surface area contributed by atoms with Gasteiger partial charge in [-0.2, -0.15) is 5.26 Å². The van der Waals surface area contributed by atoms with E-state index in [0.717, 1.165) is 38.0 Å². The molecular weight excluding hydrogens is 188 g/mol. The van der Waals surface area contributed by atoms with Crippen molar-refractivity contribution in [3.05, 3.63) is 0 Å². The molecule has 1 N–H and O–H groups in total. The summed E-state index contributed by atoms with van der Waals surface area (Å²) in [5, 5.41) is 12.1. The van der Waals surface area contributed by atoms with Crippen LogP contribution in [0.3, 0.4) is 0 Å². The molecule has 2 aliphatic rings. The van der Waals surface area contributed by atoms with Gasteiger partial charge >= 0.3 is 0 Å². The van der Waals surface area contributed by atoms with Crippen LogP contribution in [0.15, 0.2) is 0 Å². The van der Waals surface area contributed by atoms with Crippen LogP contribution in [0.25, 0.3) is 0 Å². The lowest BCUT2D eigenvalue weighted by atomic mass is 9.69. The number of nitrogens with one attached hydrogen (secondary N) is 1. The maximum Gasteiger partial charge on any atom is 0.240 e. The van der Waals surface area contributed by atoms with Crippen molar-refractivity contribution < 1.29 is 4.79 Å². The van der Waals surface area contributed by atoms with Crippen molar-refractivity contribution in [2.45, 2.75) is 51.5 Å². The van der Waals surface area contributed by atoms with E-state index >= 15 is 0 Å². The summed E-state index contributed by atoms with van der Waals surface area (Å²) >= 11 is 0. The molecule has 2 fully saturated rings. The quantitative estimate of drug-likeness (QED) is 0.751. The predicted octanol–water partition coefficient (Wildman–Crippen LogP) is 1.99. The lowest BCUT2D eigenvalue weighted by Crippen LogP contribution is -2.47. The van der Waals surface area contributed by atoms with Crippen LogP contribution < -0.4 is 5.32 Å². The van der Waals surface area contributed by atoms with E-state index in [-0.39, 0.29) is 5.91 Å². The lowest BCUT2D eigenvalue weighted by molar-refractivity contribution is -0.132. The molecule has 0 aromatic heterocycles. The van der Waals surface area contributed by atoms with E-state index in [0.29, 0.717) is 6.04 Å². The highest BCUT2D eigenvalue weighted by Gasteiger charge is 2.45. The van der Waals surface area contributed by atoms with Crippen molar-refractivity contribution in [3.8, 4) is 6.07 Å². The molecule has 0 aliphatic heterocycles. The fraction of sp³-hybridized carbons (Fsp3) is 0.833. The Kier molecular flexibility index (Phi) is 2.68. The maximum atomic E-state index is 11.9. The van der Waals surface area contributed by atoms with Gasteiger partial charge < -0.3 is 5.32 Å². The summed E-state index contributed by atoms with van der Waals surface area (Å²) in [5.41, 5.74) is -0.675. The van der Waals surface area contributed by atoms with Crippen LogP contribution in [0.4, 0.5) is 0 Å². The Morgan fingerprint density at radius 1 is 1.47 bits per heavy atom. The van der Waals surface area contributed by atoms with Crippen LogP contribution in [-0.2, 0) is 4.79 Å². The highest BCUT2D eigenvalue weighted by Crippen LogP contribution is 2.40. The van der Waals surface area contributed by atoms with Crippen LogP contribution in [0.5, 0.6) is 0 Å². The van der Waals surface area contributed by atoms with E-state index in [1.165, 1.54) is 6.42 Å². The summed E-state index contributed by atoms with van der Waals surface area (Å²) in [6, 6.07) is 2.51. The Bertz CT molecular complexity index is 301. The molecule has 2 saturated carbocycles. The summed E-state index contributed by atoms with van der Waals surface area (Å²) in [5.74, 6) is 0.699. The predicted molar refractivity (Wildman–Crippen MR) is 56.8 cm³/mol. The number of carbonyl (C=O) groups excluding carboxylic acids is 1. The molecular formula is C12H18N2O. The summed E-state index contributed by atoms with van der Waals surface area (Å²) in [6.45, 7) is 2.22. The Morgan fingerprint density at radius 3 is 2.60 bits per heavy atom. The molecule has 0 saturated heterocycles. The second-order valence-electron chi connectivity index (χ2n) is 5.14. The first-order valence-corrected chi connectivity index (χ1v) is 5.88. The van der Waals surface area contributed by atoms with Gasteiger partial charge in [-0.15, -0.1) is 0 Å². The summed E-state index contributed by atoms with van der Waals surface area (Å²) in [4.78, 5) is 11.9. The normalized spacial score (nSPS) is 32.8. The number of nitrogens with zero attached hydrogens (tertiary/aromatic N) is 1. The monoisotopic (exact) mass is 206 g/mol. The van der Waals surface area contributed by atoms with Crippen molar-refractivity contribution in [3.63, 3.8) is 0 Å². The van der Waals surface area contributed by atoms with Gasteiger partial charge in [0.05, 0.1) is 6.07 Å². The van der Waals surface area contributed by atoms with Crippen molar-refractivity contribution in [1.82, 2.24) is 5.32 Å². The third-order valence-electron chi connectivity index (χ3n) is 3.89. The van der Waals surface area contributed by atoms with Gasteiger partial charge in [0.25, 0.3) is 0 Å². The molecule has 2 rings (SSSR count). The van der Waals surface area contributed by atoms with Crippen molar-refractivity contribution in [2.75, 3.05) is 0 Å². The molecule has 0 spiro atoms. The zero-order chi connectivity index (χ0) is 10.9. The van der Waals surface area contributed by atoms with Gasteiger partial charge in [0, 0.05) is 6.04 Å². The van der Waals surface area contributed by atoms with Crippen LogP contribution >= 0.6 is 0 Å². The molecule has 0 aromatic carbocycles. The number of hydrogen-bond donors (Lipinski definition) is 1. The van der Waals surface area contributed by atoms with E-state index in [1.54, 1.807) is 0 Å². The molecule has 1 amide bonds. The SMILES string of the molecule is CC1CCC(NC(=O)C2(C#N)CCC2)C1. The zero-order valence-electron chi connectivity index (χ0n) is 9.25. The molecule has 2 unspecified atom stereocenters. The minimum Gasteiger partial charge on any atom is -0.352 e. The molecule has 0 radical (unpaired) electrons. The van der Waals surface area contributed by atoms with Crippen LogP contribution in [-0.4, -0.2) is 11.9 Å². The maximum absolute atomic E-state index is 11.9. The Balaban J connectivity index is 1.90. The van der Waals surface area contributed by atoms with Crippen LogP contribution in [0.2, 0.25) is 0 Å². The molecule has 3 heteroatoms. The highest BCUT2D eigenvalue weighted by molar-refractivity contribution is 5.86. The first-order chi connectivity index (χ1) is 7.16. The first-order valence-electron chi connectivity index (χ1n) is 5.88. The van der Waals surface area contributed by atoms with E-state index in [1.807, 2.05) is 0 Å². The standard InChI is InChI=1S/C12H18N2O/c1-9-3-4-10(7-9)14-11(15)12(8-13)5-2-6-12/h9-10H,2-7H2,1H3,(H,14,15). The highest BCUT2D eigenvalue weighted by atomic mass is 16.2. The average Bonchev–Trinajstić information content (AvgIpc) is 2.50. The van der Waals surface area contributed by atoms with Crippen LogP contribution in [0, 0.1) is 22.7 Å². The van der Waals surface area contributed by atoms with Gasteiger partial charge in [0.1, 0.15) is 5.41 Å². The van der Waals surface area contributed by atoms with Gasteiger partial charge in [-0.3, -0.25) is 4.79 Å². The van der Waals surface area contributed by atoms with Crippen molar-refractivity contribution >= 4 is 5.91 Å². The van der Waals surface area contributed by atoms with Gasteiger partial charge in [-0.25, -0.2) is 0 Å². The van der Waals surface area contributed by atoms with Crippen molar-refractivity contribution in [1.29, 1.82) is 5.26 Å². The Labute approximate surface area is 90.8 Å². The minimum atomic E-state index is -0.675. The fourth-order valence-corrected chi connectivity index (χ4v) is 2.58. The second-order valence-corrected chi connectivity index (χ2v) is 5.14. The van der Waals surface area contributed by atoms with Crippen LogP contribution in [0.1, 0.15) is 45.4 Å². The number of hydrogen-bond acceptors (Lipinski definition) is 2. The topological polar surface area (TPSA) is 52.9 Å². The van der Waals surface area contributed by atoms with Gasteiger partial charge in [0.15, 0.2) is 0 Å². The Hall–Kier alpha value is -1.04. The molecule has 0 heterocycles. The average molecular weight is 206 g/mol. The number of amides is 1. The van der Waals surface area contributed by atoms with E-state index in [4.69, 9.17) is 5.26 Å². The van der Waals surface area contributed by atoms with E-state index in [9.17, 15) is 4.79 Å². The zero-order valence-corrected chi connectivity index (χ0v) is 9.25. The van der Waals surface area contributed by atoms with Gasteiger partial charge in [0.2, 0.25) is 5.91 Å². The largest absolute Gasteiger partial charge is 0.352 e. The van der Waals surface area contributed by atoms with E-state index < -0.39 is 5.41 Å². The summed E-state index contributed by atoms with van der Waals surface area (Å²) in [6.07, 6.45) is 5.86. The van der Waals surface area contributed by atoms with E-state index in [2.05, 4.69) is 18.3 Å². The molecule has 2 aliphatic carbocycles. The molecule has 0 aromatic rings. The minimum absolute atomic E-state index is 0.0182. The lowest BCUT2D eigenvalue weighted by Gasteiger charge is -2.34. The fourth-order valence-electron chi connectivity index (χ4n) is 2.58. The van der Waals surface area contributed by atoms with Gasteiger partial charge in [-0.05, 0) is 44.4 Å². The molecule has 2 atom stereocenters. The third kappa shape index (κ3) is 1.86. The molecule has 3 nitrogen and oxygen atoms in total. The van der Waals surface area contributed by atoms with Gasteiger partial charge in [-0.1, -0.05) is 6.92 Å². The Morgan fingerprint density at radius 2 is 2.20 bits per heavy atom. The number of carbonyl (C=O) groups is 1. The first kappa shape index (κ1) is 10.5. The summed E-state index contributed by atoms with van der Waals surface area (Å²) in [7, 11) is 0. The number of rotatable bonds is 2. The number of nitriles is 1. The molecule has 0 bridgehead atoms. The molecule has 82 valence electrons. The van der Waals surface area contributed by atoms with Crippen molar-refractivity contribution in [2.24, 2.45) is 11.3 Å². The summed E-state index contributed by atoms with van der Waals surface area (Å²) < 4.78 is 0. The third-order valence-corrected chi connectivity index (χ3v) is 3.89. The smallest absolute Gasteiger partial charge is 0.240 e. The molecule has 15 heavy (non-hydrogen) atoms. The second kappa shape index (κ2) is 3.84.